The Hall–Kier alpha value is -1.16. The van der Waals surface area contributed by atoms with E-state index in [4.69, 9.17) is 0 Å². The second kappa shape index (κ2) is 6.85. The fourth-order valence-corrected chi connectivity index (χ4v) is 2.50. The number of aromatic nitrogens is 1. The third-order valence-corrected chi connectivity index (χ3v) is 3.86. The van der Waals surface area contributed by atoms with E-state index >= 15 is 0 Å². The molecule has 0 saturated heterocycles. The molecule has 1 aliphatic carbocycles. The second-order valence-corrected chi connectivity index (χ2v) is 5.25. The number of pyridine rings is 1. The fraction of sp³-hybridized carbons (Fsp3) is 0.667. The average molecular weight is 265 g/mol. The summed E-state index contributed by atoms with van der Waals surface area (Å²) in [5, 5.41) is 3.26. The molecule has 1 aromatic heterocycles. The van der Waals surface area contributed by atoms with Gasteiger partial charge in [0, 0.05) is 25.2 Å². The van der Waals surface area contributed by atoms with Crippen molar-refractivity contribution in [2.24, 2.45) is 5.92 Å². The van der Waals surface area contributed by atoms with Gasteiger partial charge in [-0.05, 0) is 38.3 Å². The number of hydrogen-bond donors (Lipinski definition) is 1. The molecule has 0 spiro atoms. The molecule has 0 bridgehead atoms. The molecule has 1 aliphatic rings. The van der Waals surface area contributed by atoms with Crippen LogP contribution in [0.3, 0.4) is 0 Å². The Balaban J connectivity index is 2.14. The highest BCUT2D eigenvalue weighted by Crippen LogP contribution is 2.29. The van der Waals surface area contributed by atoms with Crippen molar-refractivity contribution >= 4 is 5.82 Å². The molecule has 0 radical (unpaired) electrons. The van der Waals surface area contributed by atoms with Crippen LogP contribution in [0.2, 0.25) is 0 Å². The minimum absolute atomic E-state index is 0.253. The molecule has 1 saturated carbocycles. The Bertz CT molecular complexity index is 404. The van der Waals surface area contributed by atoms with Crippen LogP contribution in [0.1, 0.15) is 38.7 Å². The third kappa shape index (κ3) is 3.66. The highest BCUT2D eigenvalue weighted by Gasteiger charge is 2.22. The summed E-state index contributed by atoms with van der Waals surface area (Å²) in [6, 6.07) is 1.61. The van der Waals surface area contributed by atoms with Gasteiger partial charge in [0.2, 0.25) is 0 Å². The van der Waals surface area contributed by atoms with E-state index in [1.165, 1.54) is 25.5 Å². The standard InChI is InChI=1S/C15H24FN3/c1-3-17-9-13-8-14(16)10-18-15(13)19(4-2)11-12-6-5-7-12/h8,10,12,17H,3-7,9,11H2,1-2H3. The summed E-state index contributed by atoms with van der Waals surface area (Å²) in [6.07, 6.45) is 5.32. The summed E-state index contributed by atoms with van der Waals surface area (Å²) < 4.78 is 13.4. The van der Waals surface area contributed by atoms with Gasteiger partial charge in [0.15, 0.2) is 0 Å². The van der Waals surface area contributed by atoms with Crippen molar-refractivity contribution in [2.75, 3.05) is 24.5 Å². The molecule has 0 aliphatic heterocycles. The maximum Gasteiger partial charge on any atom is 0.141 e. The number of anilines is 1. The van der Waals surface area contributed by atoms with Gasteiger partial charge in [0.05, 0.1) is 6.20 Å². The highest BCUT2D eigenvalue weighted by atomic mass is 19.1. The van der Waals surface area contributed by atoms with Crippen LogP contribution in [0.15, 0.2) is 12.3 Å². The zero-order chi connectivity index (χ0) is 13.7. The molecule has 0 aromatic carbocycles. The van der Waals surface area contributed by atoms with E-state index < -0.39 is 0 Å². The molecule has 1 fully saturated rings. The molecule has 0 unspecified atom stereocenters. The van der Waals surface area contributed by atoms with Crippen LogP contribution in [0.4, 0.5) is 10.2 Å². The summed E-state index contributed by atoms with van der Waals surface area (Å²) in [7, 11) is 0. The number of nitrogens with zero attached hydrogens (tertiary/aromatic N) is 2. The van der Waals surface area contributed by atoms with Crippen LogP contribution in [-0.4, -0.2) is 24.6 Å². The summed E-state index contributed by atoms with van der Waals surface area (Å²) in [4.78, 5) is 6.61. The molecule has 0 atom stereocenters. The highest BCUT2D eigenvalue weighted by molar-refractivity contribution is 5.47. The molecule has 4 heteroatoms. The van der Waals surface area contributed by atoms with Crippen molar-refractivity contribution in [1.82, 2.24) is 10.3 Å². The number of hydrogen-bond acceptors (Lipinski definition) is 3. The van der Waals surface area contributed by atoms with Gasteiger partial charge >= 0.3 is 0 Å². The first-order valence-corrected chi connectivity index (χ1v) is 7.34. The van der Waals surface area contributed by atoms with Crippen molar-refractivity contribution in [3.05, 3.63) is 23.6 Å². The zero-order valence-corrected chi connectivity index (χ0v) is 12.0. The van der Waals surface area contributed by atoms with Gasteiger partial charge in [-0.3, -0.25) is 0 Å². The Labute approximate surface area is 115 Å². The number of halogens is 1. The van der Waals surface area contributed by atoms with Crippen molar-refractivity contribution in [3.8, 4) is 0 Å². The lowest BCUT2D eigenvalue weighted by Crippen LogP contribution is -2.34. The molecule has 3 nitrogen and oxygen atoms in total. The fourth-order valence-electron chi connectivity index (χ4n) is 2.50. The van der Waals surface area contributed by atoms with E-state index in [1.54, 1.807) is 6.07 Å². The molecule has 0 amide bonds. The Kier molecular flexibility index (Phi) is 5.14. The molecular weight excluding hydrogens is 241 g/mol. The van der Waals surface area contributed by atoms with E-state index in [0.717, 1.165) is 36.9 Å². The first-order chi connectivity index (χ1) is 9.24. The van der Waals surface area contributed by atoms with Crippen LogP contribution in [0.5, 0.6) is 0 Å². The third-order valence-electron chi connectivity index (χ3n) is 3.86. The van der Waals surface area contributed by atoms with Gasteiger partial charge in [-0.15, -0.1) is 0 Å². The predicted molar refractivity (Wildman–Crippen MR) is 76.8 cm³/mol. The zero-order valence-electron chi connectivity index (χ0n) is 12.0. The van der Waals surface area contributed by atoms with Crippen LogP contribution in [-0.2, 0) is 6.54 Å². The van der Waals surface area contributed by atoms with E-state index in [0.29, 0.717) is 6.54 Å². The monoisotopic (exact) mass is 265 g/mol. The molecule has 2 rings (SSSR count). The summed E-state index contributed by atoms with van der Waals surface area (Å²) >= 11 is 0. The minimum atomic E-state index is -0.253. The molecule has 1 aromatic rings. The smallest absolute Gasteiger partial charge is 0.141 e. The first kappa shape index (κ1) is 14.3. The lowest BCUT2D eigenvalue weighted by Gasteiger charge is -2.33. The van der Waals surface area contributed by atoms with Gasteiger partial charge in [-0.25, -0.2) is 9.37 Å². The average Bonchev–Trinajstić information content (AvgIpc) is 2.36. The minimum Gasteiger partial charge on any atom is -0.356 e. The largest absolute Gasteiger partial charge is 0.356 e. The Morgan fingerprint density at radius 2 is 2.21 bits per heavy atom. The van der Waals surface area contributed by atoms with Crippen LogP contribution in [0.25, 0.3) is 0 Å². The predicted octanol–water partition coefficient (Wildman–Crippen LogP) is 2.96. The number of rotatable bonds is 7. The van der Waals surface area contributed by atoms with E-state index in [-0.39, 0.29) is 5.82 Å². The molecule has 19 heavy (non-hydrogen) atoms. The van der Waals surface area contributed by atoms with E-state index in [1.807, 2.05) is 0 Å². The van der Waals surface area contributed by atoms with E-state index in [9.17, 15) is 4.39 Å². The molecule has 1 N–H and O–H groups in total. The van der Waals surface area contributed by atoms with Crippen molar-refractivity contribution in [2.45, 2.75) is 39.7 Å². The first-order valence-electron chi connectivity index (χ1n) is 7.34. The van der Waals surface area contributed by atoms with Gasteiger partial charge in [0.25, 0.3) is 0 Å². The van der Waals surface area contributed by atoms with Gasteiger partial charge in [-0.1, -0.05) is 13.3 Å². The quantitative estimate of drug-likeness (QED) is 0.821. The normalized spacial score (nSPS) is 15.3. The van der Waals surface area contributed by atoms with Gasteiger partial charge in [0.1, 0.15) is 11.6 Å². The SMILES string of the molecule is CCNCc1cc(F)cnc1N(CC)CC1CCC1. The van der Waals surface area contributed by atoms with Crippen LogP contribution in [0, 0.1) is 11.7 Å². The lowest BCUT2D eigenvalue weighted by atomic mass is 9.85. The maximum atomic E-state index is 13.4. The summed E-state index contributed by atoms with van der Waals surface area (Å²) in [5.41, 5.74) is 0.961. The van der Waals surface area contributed by atoms with E-state index in [2.05, 4.69) is 29.0 Å². The number of nitrogens with one attached hydrogen (secondary N) is 1. The Morgan fingerprint density at radius 3 is 2.79 bits per heavy atom. The van der Waals surface area contributed by atoms with Crippen molar-refractivity contribution < 1.29 is 4.39 Å². The maximum absolute atomic E-state index is 13.4. The summed E-state index contributed by atoms with van der Waals surface area (Å²) in [6.45, 7) is 7.73. The van der Waals surface area contributed by atoms with Crippen LogP contribution < -0.4 is 10.2 Å². The van der Waals surface area contributed by atoms with Crippen molar-refractivity contribution in [3.63, 3.8) is 0 Å². The van der Waals surface area contributed by atoms with Crippen molar-refractivity contribution in [1.29, 1.82) is 0 Å². The molecular formula is C15H24FN3. The Morgan fingerprint density at radius 1 is 1.42 bits per heavy atom. The molecule has 106 valence electrons. The van der Waals surface area contributed by atoms with Crippen LogP contribution >= 0.6 is 0 Å². The lowest BCUT2D eigenvalue weighted by molar-refractivity contribution is 0.318. The topological polar surface area (TPSA) is 28.2 Å². The van der Waals surface area contributed by atoms with Gasteiger partial charge in [-0.2, -0.15) is 0 Å². The molecule has 1 heterocycles. The summed E-state index contributed by atoms with van der Waals surface area (Å²) in [5.74, 6) is 1.48. The van der Waals surface area contributed by atoms with Gasteiger partial charge < -0.3 is 10.2 Å². The second-order valence-electron chi connectivity index (χ2n) is 5.25.